The van der Waals surface area contributed by atoms with Gasteiger partial charge in [-0.3, -0.25) is 0 Å². The highest BCUT2D eigenvalue weighted by Gasteiger charge is 2.21. The average molecular weight is 229 g/mol. The monoisotopic (exact) mass is 229 g/mol. The van der Waals surface area contributed by atoms with Gasteiger partial charge in [-0.25, -0.2) is 4.79 Å². The lowest BCUT2D eigenvalue weighted by atomic mass is 10.4. The second kappa shape index (κ2) is 4.63. The molecule has 6 nitrogen and oxygen atoms in total. The molecule has 0 aromatic rings. The molecule has 0 aromatic carbocycles. The highest BCUT2D eigenvalue weighted by Crippen LogP contribution is 2.15. The predicted molar refractivity (Wildman–Crippen MR) is 57.4 cm³/mol. The van der Waals surface area contributed by atoms with Crippen LogP contribution in [0.3, 0.4) is 0 Å². The van der Waals surface area contributed by atoms with E-state index in [1.807, 2.05) is 0 Å². The Kier molecular flexibility index (Phi) is 3.22. The number of carboxylic acids is 1. The molecule has 0 radical (unpaired) electrons. The number of ether oxygens (including phenoxy) is 1. The summed E-state index contributed by atoms with van der Waals surface area (Å²) in [5, 5.41) is 17.1. The standard InChI is InChI=1S/C8H11N3O3S/c12-7(13)6-5-15-8(10-9-6)11-1-3-14-4-2-11/h1-5H2,(H,12,13). The van der Waals surface area contributed by atoms with Gasteiger partial charge in [0.25, 0.3) is 0 Å². The van der Waals surface area contributed by atoms with Crippen molar-refractivity contribution in [1.29, 1.82) is 0 Å². The van der Waals surface area contributed by atoms with Gasteiger partial charge in [-0.2, -0.15) is 0 Å². The van der Waals surface area contributed by atoms with E-state index in [4.69, 9.17) is 9.84 Å². The highest BCUT2D eigenvalue weighted by atomic mass is 32.2. The van der Waals surface area contributed by atoms with Crippen molar-refractivity contribution < 1.29 is 14.6 Å². The van der Waals surface area contributed by atoms with Gasteiger partial charge < -0.3 is 14.7 Å². The average Bonchev–Trinajstić information content (AvgIpc) is 2.30. The number of carbonyl (C=O) groups is 1. The molecule has 2 aliphatic rings. The van der Waals surface area contributed by atoms with Crippen LogP contribution in [0.4, 0.5) is 0 Å². The van der Waals surface area contributed by atoms with Crippen LogP contribution in [-0.4, -0.2) is 58.9 Å². The van der Waals surface area contributed by atoms with Crippen molar-refractivity contribution in [3.05, 3.63) is 0 Å². The molecule has 0 aliphatic carbocycles. The number of thioether (sulfide) groups is 1. The molecule has 2 rings (SSSR count). The van der Waals surface area contributed by atoms with Crippen LogP contribution in [-0.2, 0) is 9.53 Å². The van der Waals surface area contributed by atoms with Gasteiger partial charge in [-0.1, -0.05) is 11.8 Å². The Morgan fingerprint density at radius 2 is 2.13 bits per heavy atom. The van der Waals surface area contributed by atoms with E-state index in [1.54, 1.807) is 0 Å². The Morgan fingerprint density at radius 1 is 1.40 bits per heavy atom. The van der Waals surface area contributed by atoms with Gasteiger partial charge in [0.05, 0.1) is 19.0 Å². The van der Waals surface area contributed by atoms with Crippen LogP contribution in [0.5, 0.6) is 0 Å². The number of hydrogen-bond donors (Lipinski definition) is 1. The number of nitrogens with zero attached hydrogens (tertiary/aromatic N) is 3. The Balaban J connectivity index is 2.02. The molecule has 1 saturated heterocycles. The number of hydrogen-bond acceptors (Lipinski definition) is 6. The molecule has 1 fully saturated rings. The number of aliphatic carboxylic acids is 1. The molecule has 7 heteroatoms. The molecule has 0 unspecified atom stereocenters. The summed E-state index contributed by atoms with van der Waals surface area (Å²) in [6, 6.07) is 0. The number of rotatable bonds is 1. The first-order chi connectivity index (χ1) is 7.27. The van der Waals surface area contributed by atoms with E-state index in [2.05, 4.69) is 15.1 Å². The van der Waals surface area contributed by atoms with Crippen LogP contribution in [0, 0.1) is 0 Å². The molecule has 0 atom stereocenters. The first-order valence-corrected chi connectivity index (χ1v) is 5.59. The fourth-order valence-electron chi connectivity index (χ4n) is 1.31. The fraction of sp³-hybridized carbons (Fsp3) is 0.625. The first-order valence-electron chi connectivity index (χ1n) is 4.60. The lowest BCUT2D eigenvalue weighted by Gasteiger charge is -2.29. The molecule has 0 aromatic heterocycles. The van der Waals surface area contributed by atoms with E-state index in [1.165, 1.54) is 11.8 Å². The van der Waals surface area contributed by atoms with Gasteiger partial charge in [0.15, 0.2) is 10.9 Å². The van der Waals surface area contributed by atoms with Crippen LogP contribution in [0.2, 0.25) is 0 Å². The minimum Gasteiger partial charge on any atom is -0.477 e. The molecule has 0 bridgehead atoms. The maximum Gasteiger partial charge on any atom is 0.353 e. The van der Waals surface area contributed by atoms with E-state index in [0.29, 0.717) is 19.0 Å². The van der Waals surface area contributed by atoms with Crippen molar-refractivity contribution in [2.24, 2.45) is 10.2 Å². The lowest BCUT2D eigenvalue weighted by molar-refractivity contribution is -0.129. The molecule has 1 N–H and O–H groups in total. The summed E-state index contributed by atoms with van der Waals surface area (Å²) in [6.07, 6.45) is 0. The van der Waals surface area contributed by atoms with E-state index >= 15 is 0 Å². The third kappa shape index (κ3) is 2.48. The largest absolute Gasteiger partial charge is 0.477 e. The van der Waals surface area contributed by atoms with Gasteiger partial charge in [-0.05, 0) is 0 Å². The quantitative estimate of drug-likeness (QED) is 0.677. The molecule has 82 valence electrons. The minimum absolute atomic E-state index is 0.108. The van der Waals surface area contributed by atoms with Crippen molar-refractivity contribution in [2.45, 2.75) is 0 Å². The summed E-state index contributed by atoms with van der Waals surface area (Å²) in [5.41, 5.74) is 0.108. The predicted octanol–water partition coefficient (Wildman–Crippen LogP) is -0.138. The molecular formula is C8H11N3O3S. The van der Waals surface area contributed by atoms with Gasteiger partial charge in [-0.15, -0.1) is 10.2 Å². The second-order valence-corrected chi connectivity index (χ2v) is 4.07. The van der Waals surface area contributed by atoms with Gasteiger partial charge in [0.1, 0.15) is 0 Å². The van der Waals surface area contributed by atoms with Crippen molar-refractivity contribution >= 4 is 28.6 Å². The molecule has 0 spiro atoms. The Labute approximate surface area is 91.0 Å². The van der Waals surface area contributed by atoms with Crippen LogP contribution >= 0.6 is 11.8 Å². The highest BCUT2D eigenvalue weighted by molar-refractivity contribution is 8.14. The third-order valence-electron chi connectivity index (χ3n) is 2.12. The summed E-state index contributed by atoms with van der Waals surface area (Å²) in [4.78, 5) is 12.7. The summed E-state index contributed by atoms with van der Waals surface area (Å²) >= 11 is 1.41. The summed E-state index contributed by atoms with van der Waals surface area (Å²) in [7, 11) is 0. The number of carboxylic acid groups (broad SMARTS) is 1. The smallest absolute Gasteiger partial charge is 0.353 e. The Bertz CT molecular complexity index is 323. The molecular weight excluding hydrogens is 218 g/mol. The summed E-state index contributed by atoms with van der Waals surface area (Å²) in [5.74, 6) is -0.613. The van der Waals surface area contributed by atoms with Crippen LogP contribution in [0.25, 0.3) is 0 Å². The topological polar surface area (TPSA) is 74.5 Å². The maximum atomic E-state index is 10.6. The van der Waals surface area contributed by atoms with E-state index in [9.17, 15) is 4.79 Å². The summed E-state index contributed by atoms with van der Waals surface area (Å²) < 4.78 is 5.21. The van der Waals surface area contributed by atoms with Crippen LogP contribution in [0.15, 0.2) is 10.2 Å². The van der Waals surface area contributed by atoms with E-state index < -0.39 is 5.97 Å². The lowest BCUT2D eigenvalue weighted by Crippen LogP contribution is -2.40. The van der Waals surface area contributed by atoms with Crippen molar-refractivity contribution in [3.63, 3.8) is 0 Å². The van der Waals surface area contributed by atoms with Crippen molar-refractivity contribution in [1.82, 2.24) is 4.90 Å². The van der Waals surface area contributed by atoms with Crippen LogP contribution < -0.4 is 0 Å². The van der Waals surface area contributed by atoms with Crippen molar-refractivity contribution in [2.75, 3.05) is 32.1 Å². The van der Waals surface area contributed by atoms with E-state index in [-0.39, 0.29) is 5.71 Å². The fourth-order valence-corrected chi connectivity index (χ4v) is 2.22. The zero-order valence-electron chi connectivity index (χ0n) is 8.05. The Hall–Kier alpha value is -1.08. The molecule has 0 amide bonds. The number of morpholine rings is 1. The molecule has 15 heavy (non-hydrogen) atoms. The molecule has 2 aliphatic heterocycles. The van der Waals surface area contributed by atoms with Gasteiger partial charge >= 0.3 is 5.97 Å². The normalized spacial score (nSPS) is 22.0. The van der Waals surface area contributed by atoms with Crippen LogP contribution in [0.1, 0.15) is 0 Å². The zero-order chi connectivity index (χ0) is 10.7. The number of amidine groups is 1. The summed E-state index contributed by atoms with van der Waals surface area (Å²) in [6.45, 7) is 2.97. The second-order valence-electron chi connectivity index (χ2n) is 3.12. The van der Waals surface area contributed by atoms with Gasteiger partial charge in [0, 0.05) is 13.1 Å². The molecule has 2 heterocycles. The zero-order valence-corrected chi connectivity index (χ0v) is 8.87. The minimum atomic E-state index is -0.993. The van der Waals surface area contributed by atoms with E-state index in [0.717, 1.165) is 18.3 Å². The maximum absolute atomic E-state index is 10.6. The SMILES string of the molecule is O=C(O)C1=NN=C(N2CCOCC2)SC1. The van der Waals surface area contributed by atoms with Gasteiger partial charge in [0.2, 0.25) is 0 Å². The first kappa shape index (κ1) is 10.4. The molecule has 0 saturated carbocycles. The van der Waals surface area contributed by atoms with Crippen molar-refractivity contribution in [3.8, 4) is 0 Å². The third-order valence-corrected chi connectivity index (χ3v) is 3.14. The Morgan fingerprint density at radius 3 is 2.67 bits per heavy atom.